The van der Waals surface area contributed by atoms with Crippen LogP contribution in [0, 0.1) is 0 Å². The summed E-state index contributed by atoms with van der Waals surface area (Å²) in [7, 11) is 0. The molecule has 10 heteroatoms. The van der Waals surface area contributed by atoms with Crippen molar-refractivity contribution in [3.05, 3.63) is 0 Å². The molecule has 0 saturated heterocycles. The Morgan fingerprint density at radius 1 is 1.45 bits per heavy atom. The van der Waals surface area contributed by atoms with Crippen LogP contribution in [0.25, 0.3) is 0 Å². The van der Waals surface area contributed by atoms with Crippen molar-refractivity contribution in [2.24, 2.45) is 5.73 Å². The summed E-state index contributed by atoms with van der Waals surface area (Å²) in [6.45, 7) is 0. The maximum atomic E-state index is 9.53. The summed E-state index contributed by atoms with van der Waals surface area (Å²) in [6, 6.07) is 0. The monoisotopic (exact) mass is 387 g/mol. The Labute approximate surface area is 106 Å². The van der Waals surface area contributed by atoms with Gasteiger partial charge in [-0.3, -0.25) is 0 Å². The summed E-state index contributed by atoms with van der Waals surface area (Å²) in [6.07, 6.45) is -0.824. The third kappa shape index (κ3) is 50.4. The van der Waals surface area contributed by atoms with E-state index >= 15 is 0 Å². The quantitative estimate of drug-likeness (QED) is 0.236. The van der Waals surface area contributed by atoms with Crippen LogP contribution in [0.1, 0.15) is 0 Å². The molecule has 0 radical (unpaired) electrons. The molecule has 68 valence electrons. The van der Waals surface area contributed by atoms with Gasteiger partial charge in [-0.15, -0.1) is 0 Å². The molecule has 0 aromatic heterocycles. The first kappa shape index (κ1) is 22.9. The molecule has 0 aromatic carbocycles. The molecule has 0 rings (SSSR count). The molecule has 0 unspecified atom stereocenters. The fourth-order valence-corrected chi connectivity index (χ4v) is 0.331. The summed E-state index contributed by atoms with van der Waals surface area (Å²) in [5, 5.41) is 0. The van der Waals surface area contributed by atoms with E-state index in [-0.39, 0.29) is 54.5 Å². The van der Waals surface area contributed by atoms with E-state index < -0.39 is 6.09 Å². The van der Waals surface area contributed by atoms with Gasteiger partial charge in [-0.1, -0.05) is 11.7 Å². The first-order valence-corrected chi connectivity index (χ1v) is 3.94. The number of rotatable bonds is 1. The molecule has 0 aliphatic rings. The van der Waals surface area contributed by atoms with Gasteiger partial charge < -0.3 is 19.0 Å². The molecule has 0 atom stereocenters. The van der Waals surface area contributed by atoms with Gasteiger partial charge in [-0.25, -0.2) is 4.79 Å². The number of thiol groups is 1. The number of hydrogen-bond donors (Lipinski definition) is 4. The van der Waals surface area contributed by atoms with Crippen LogP contribution in [-0.2, 0) is 46.3 Å². The number of primary amides is 1. The van der Waals surface area contributed by atoms with Crippen LogP contribution >= 0.6 is 35.1 Å². The molecule has 0 fully saturated rings. The molecular formula is CH5Mo2NO4S3. The van der Waals surface area contributed by atoms with E-state index in [2.05, 4.69) is 21.6 Å². The zero-order valence-electron chi connectivity index (χ0n) is 4.87. The van der Waals surface area contributed by atoms with Gasteiger partial charge in [0, 0.05) is 42.1 Å². The Kier molecular flexibility index (Phi) is 47.1. The average molecular weight is 383 g/mol. The number of amides is 1. The van der Waals surface area contributed by atoms with Crippen molar-refractivity contribution >= 4 is 41.2 Å². The smallest absolute Gasteiger partial charge is 0.364 e. The van der Waals surface area contributed by atoms with E-state index in [1.165, 1.54) is 0 Å². The fraction of sp³-hybridized carbons (Fsp3) is 0. The minimum atomic E-state index is -0.824. The van der Waals surface area contributed by atoms with Gasteiger partial charge in [0.1, 0.15) is 11.1 Å². The van der Waals surface area contributed by atoms with Crippen molar-refractivity contribution in [1.29, 1.82) is 0 Å². The third-order valence-electron chi connectivity index (χ3n) is 0.119. The average Bonchev–Trinajstić information content (AvgIpc) is 1.67. The molecule has 5 nitrogen and oxygen atoms in total. The Morgan fingerprint density at radius 2 is 1.73 bits per heavy atom. The molecule has 0 saturated carbocycles. The summed E-state index contributed by atoms with van der Waals surface area (Å²) in [4.78, 5) is 9.53. The fourth-order valence-electron chi connectivity index (χ4n) is 0.0367. The van der Waals surface area contributed by atoms with E-state index in [0.29, 0.717) is 11.1 Å². The van der Waals surface area contributed by atoms with Crippen molar-refractivity contribution in [3.8, 4) is 0 Å². The second-order valence-corrected chi connectivity index (χ2v) is 1.48. The van der Waals surface area contributed by atoms with Gasteiger partial charge in [0.25, 0.3) is 0 Å². The van der Waals surface area contributed by atoms with E-state index in [1.54, 1.807) is 0 Å². The van der Waals surface area contributed by atoms with Crippen molar-refractivity contribution < 1.29 is 60.2 Å². The summed E-state index contributed by atoms with van der Waals surface area (Å²) >= 11 is 3.83. The Bertz CT molecular complexity index is 76.4. The van der Waals surface area contributed by atoms with Crippen molar-refractivity contribution in [2.45, 2.75) is 0 Å². The second-order valence-electron chi connectivity index (χ2n) is 0.559. The van der Waals surface area contributed by atoms with Crippen LogP contribution in [0.5, 0.6) is 0 Å². The summed E-state index contributed by atoms with van der Waals surface area (Å²) in [5.41, 5.74) is 4.47. The molecule has 4 N–H and O–H groups in total. The van der Waals surface area contributed by atoms with E-state index in [4.69, 9.17) is 9.11 Å². The van der Waals surface area contributed by atoms with Crippen LogP contribution in [0.2, 0.25) is 0 Å². The minimum absolute atomic E-state index is 0. The zero-order valence-corrected chi connectivity index (χ0v) is 11.4. The van der Waals surface area contributed by atoms with Crippen molar-refractivity contribution in [1.82, 2.24) is 0 Å². The van der Waals surface area contributed by atoms with E-state index in [1.807, 2.05) is 0 Å². The van der Waals surface area contributed by atoms with Crippen LogP contribution in [0.3, 0.4) is 0 Å². The summed E-state index contributed by atoms with van der Waals surface area (Å²) in [5.74, 6) is 0. The molecule has 0 aliphatic heterocycles. The van der Waals surface area contributed by atoms with Crippen LogP contribution in [-0.4, -0.2) is 15.2 Å². The van der Waals surface area contributed by atoms with Gasteiger partial charge in [0.05, 0.1) is 0 Å². The largest absolute Gasteiger partial charge is 0.417 e. The molecule has 0 spiro atoms. The molecular weight excluding hydrogens is 378 g/mol. The molecule has 11 heavy (non-hydrogen) atoms. The van der Waals surface area contributed by atoms with Gasteiger partial charge in [-0.2, -0.15) is 0 Å². The second kappa shape index (κ2) is 22.6. The third-order valence-corrected chi connectivity index (χ3v) is 0.582. The number of carbonyl (C=O) groups excluding carboxylic acids is 1. The number of nitrogens with two attached hydrogens (primary N) is 1. The first-order chi connectivity index (χ1) is 4.18. The van der Waals surface area contributed by atoms with Crippen molar-refractivity contribution in [2.75, 3.05) is 0 Å². The van der Waals surface area contributed by atoms with Crippen LogP contribution in [0.15, 0.2) is 0 Å². The van der Waals surface area contributed by atoms with Crippen molar-refractivity contribution in [3.63, 3.8) is 0 Å². The Balaban J connectivity index is -0.0000000437. The molecule has 0 aliphatic carbocycles. The molecule has 1 amide bonds. The first-order valence-electron chi connectivity index (χ1n) is 1.41. The normalized spacial score (nSPS) is 5.73. The van der Waals surface area contributed by atoms with Gasteiger partial charge in [0.15, 0.2) is 12.3 Å². The van der Waals surface area contributed by atoms with Crippen LogP contribution < -0.4 is 5.73 Å². The van der Waals surface area contributed by atoms with Gasteiger partial charge >= 0.3 is 6.09 Å². The predicted octanol–water partition coefficient (Wildman–Crippen LogP) is 1.24. The number of carbonyl (C=O) groups is 1. The van der Waals surface area contributed by atoms with Gasteiger partial charge in [-0.05, 0) is 0 Å². The van der Waals surface area contributed by atoms with E-state index in [9.17, 15) is 4.79 Å². The molecule has 0 heterocycles. The minimum Gasteiger partial charge on any atom is -0.364 e. The van der Waals surface area contributed by atoms with Gasteiger partial charge in [0.2, 0.25) is 0 Å². The van der Waals surface area contributed by atoms with E-state index in [0.717, 1.165) is 0 Å². The predicted molar refractivity (Wildman–Crippen MR) is 40.1 cm³/mol. The Morgan fingerprint density at radius 3 is 1.73 bits per heavy atom. The zero-order chi connectivity index (χ0) is 7.70. The SMILES string of the molecule is NC(=O)OSS.OSO.[Mo].[Mo]. The maximum Gasteiger partial charge on any atom is 0.417 e. The summed E-state index contributed by atoms with van der Waals surface area (Å²) < 4.78 is 18.0. The molecule has 0 aromatic rings. The Hall–Kier alpha value is 1.62. The standard InChI is InChI=1S/CH3NO2S2.2Mo.H2O2S/c2-1(3)4-6-5;;;1-3-2/h5H,(H2,2,3);;;1-2H. The number of hydrogen-bond acceptors (Lipinski definition) is 7. The van der Waals surface area contributed by atoms with Crippen LogP contribution in [0.4, 0.5) is 4.79 Å². The molecule has 0 bridgehead atoms. The maximum absolute atomic E-state index is 9.53. The topological polar surface area (TPSA) is 92.8 Å².